The smallest absolute Gasteiger partial charge is 0.362 e. The number of rotatable bonds is 43. The van der Waals surface area contributed by atoms with Crippen LogP contribution in [0, 0.1) is 0 Å². The average Bonchev–Trinajstić information content (AvgIpc) is 3.19. The molecule has 0 rings (SSSR count). The van der Waals surface area contributed by atoms with E-state index in [0.717, 1.165) is 51.4 Å². The van der Waals surface area contributed by atoms with E-state index < -0.39 is 18.1 Å². The number of carboxylic acids is 1. The monoisotopic (exact) mass is 831 g/mol. The number of ether oxygens (including phenoxy) is 3. The first-order chi connectivity index (χ1) is 28.6. The van der Waals surface area contributed by atoms with Crippen molar-refractivity contribution in [3.63, 3.8) is 0 Å². The zero-order valence-corrected chi connectivity index (χ0v) is 39.0. The molecule has 2 unspecified atom stereocenters. The first-order valence-corrected chi connectivity index (χ1v) is 24.2. The van der Waals surface area contributed by atoms with E-state index in [4.69, 9.17) is 14.2 Å². The first kappa shape index (κ1) is 56.3. The van der Waals surface area contributed by atoms with Crippen LogP contribution >= 0.6 is 0 Å². The molecule has 0 saturated carbocycles. The fraction of sp³-hybridized carbons (Fsp3) is 0.784. The van der Waals surface area contributed by atoms with Gasteiger partial charge in [-0.1, -0.05) is 172 Å². The molecule has 0 aromatic rings. The fourth-order valence-corrected chi connectivity index (χ4v) is 6.96. The molecule has 0 fully saturated rings. The topological polar surface area (TPSA) is 99.1 Å². The first-order valence-electron chi connectivity index (χ1n) is 24.2. The highest BCUT2D eigenvalue weighted by Gasteiger charge is 2.31. The number of nitrogens with zero attached hydrogens (tertiary/aromatic N) is 1. The largest absolute Gasteiger partial charge is 0.477 e. The molecule has 0 amide bonds. The van der Waals surface area contributed by atoms with Crippen LogP contribution in [0.25, 0.3) is 0 Å². The molecule has 1 N–H and O–H groups in total. The van der Waals surface area contributed by atoms with Gasteiger partial charge in [-0.2, -0.15) is 0 Å². The van der Waals surface area contributed by atoms with Gasteiger partial charge in [-0.05, 0) is 64.2 Å². The lowest BCUT2D eigenvalue weighted by atomic mass is 10.1. The molecule has 8 nitrogen and oxygen atoms in total. The second-order valence-electron chi connectivity index (χ2n) is 17.4. The molecule has 8 heteroatoms. The highest BCUT2D eigenvalue weighted by molar-refractivity contribution is 5.72. The summed E-state index contributed by atoms with van der Waals surface area (Å²) < 4.78 is 17.3. The summed E-state index contributed by atoms with van der Waals surface area (Å²) in [6.07, 6.45) is 50.1. The van der Waals surface area contributed by atoms with E-state index in [-0.39, 0.29) is 36.2 Å². The minimum atomic E-state index is -0.880. The molecule has 0 spiro atoms. The molecule has 0 bridgehead atoms. The van der Waals surface area contributed by atoms with Crippen LogP contribution in [-0.4, -0.2) is 80.6 Å². The van der Waals surface area contributed by atoms with E-state index in [2.05, 4.69) is 62.5 Å². The minimum absolute atomic E-state index is 0.0493. The Kier molecular flexibility index (Phi) is 40.1. The summed E-state index contributed by atoms with van der Waals surface area (Å²) in [7, 11) is 5.52. The van der Waals surface area contributed by atoms with Gasteiger partial charge in [-0.15, -0.1) is 0 Å². The van der Waals surface area contributed by atoms with Gasteiger partial charge in [0.25, 0.3) is 0 Å². The Morgan fingerprint density at radius 1 is 0.508 bits per heavy atom. The molecule has 342 valence electrons. The van der Waals surface area contributed by atoms with Gasteiger partial charge in [0.1, 0.15) is 6.61 Å². The molecule has 0 aliphatic carbocycles. The third-order valence-electron chi connectivity index (χ3n) is 10.8. The SMILES string of the molecule is CCCCC/C=C/C=C/CCCCCCCCCCCCC(=O)OCC(COCCC(C(=O)O)[N+](C)(C)C)OC(=O)CCCCC/C=C/C=C/CCCCCCCCC. The molecular formula is C51H92NO7+. The number of likely N-dealkylation sites (N-methyl/N-ethyl adjacent to an activating group) is 1. The van der Waals surface area contributed by atoms with Crippen molar-refractivity contribution in [2.75, 3.05) is 41.0 Å². The number of quaternary nitrogens is 1. The molecule has 0 aromatic heterocycles. The number of carbonyl (C=O) groups is 3. The minimum Gasteiger partial charge on any atom is -0.477 e. The molecule has 0 aliphatic rings. The Bertz CT molecular complexity index is 1110. The van der Waals surface area contributed by atoms with Crippen molar-refractivity contribution < 1.29 is 38.2 Å². The lowest BCUT2D eigenvalue weighted by Crippen LogP contribution is -2.50. The van der Waals surface area contributed by atoms with E-state index in [1.54, 1.807) is 0 Å². The predicted octanol–water partition coefficient (Wildman–Crippen LogP) is 13.6. The average molecular weight is 831 g/mol. The third kappa shape index (κ3) is 40.5. The summed E-state index contributed by atoms with van der Waals surface area (Å²) in [4.78, 5) is 37.1. The molecule has 0 heterocycles. The quantitative estimate of drug-likeness (QED) is 0.0283. The summed E-state index contributed by atoms with van der Waals surface area (Å²) in [6, 6.07) is -0.620. The van der Waals surface area contributed by atoms with Crippen LogP contribution in [0.5, 0.6) is 0 Å². The number of carbonyl (C=O) groups excluding carboxylic acids is 2. The van der Waals surface area contributed by atoms with Crippen molar-refractivity contribution in [2.24, 2.45) is 0 Å². The number of esters is 2. The molecule has 2 atom stereocenters. The summed E-state index contributed by atoms with van der Waals surface area (Å²) in [5.41, 5.74) is 0. The molecular weight excluding hydrogens is 739 g/mol. The van der Waals surface area contributed by atoms with Crippen LogP contribution in [0.4, 0.5) is 0 Å². The van der Waals surface area contributed by atoms with Gasteiger partial charge in [0.2, 0.25) is 0 Å². The van der Waals surface area contributed by atoms with Crippen molar-refractivity contribution in [3.05, 3.63) is 48.6 Å². The summed E-state index contributed by atoms with van der Waals surface area (Å²) >= 11 is 0. The standard InChI is InChI=1S/C51H91NO7/c1-6-8-10-12-14-16-18-20-22-24-25-26-28-29-31-33-35-37-39-41-49(53)58-46-47(45-57-44-43-48(51(55)56)52(3,4)5)59-50(54)42-40-38-36-34-32-30-27-23-21-19-17-15-13-11-9-7-2/h14,16,18,20,23,27,30,32,47-48H,6-13,15,17,19,21-22,24-26,28-29,31,33-46H2,1-5H3/p+1/b16-14+,20-18+,27-23+,32-30+. The van der Waals surface area contributed by atoms with Gasteiger partial charge in [0.05, 0.1) is 34.4 Å². The van der Waals surface area contributed by atoms with Gasteiger partial charge in [-0.25, -0.2) is 4.79 Å². The molecule has 0 aliphatic heterocycles. The molecule has 0 aromatic carbocycles. The van der Waals surface area contributed by atoms with Crippen LogP contribution in [0.1, 0.15) is 206 Å². The lowest BCUT2D eigenvalue weighted by Gasteiger charge is -2.31. The number of aliphatic carboxylic acids is 1. The second kappa shape index (κ2) is 42.0. The Balaban J connectivity index is 4.32. The van der Waals surface area contributed by atoms with Crippen molar-refractivity contribution in [3.8, 4) is 0 Å². The van der Waals surface area contributed by atoms with Crippen molar-refractivity contribution >= 4 is 17.9 Å². The van der Waals surface area contributed by atoms with Crippen LogP contribution in [-0.2, 0) is 28.6 Å². The van der Waals surface area contributed by atoms with Crippen LogP contribution < -0.4 is 0 Å². The highest BCUT2D eigenvalue weighted by Crippen LogP contribution is 2.14. The number of carboxylic acid groups (broad SMARTS) is 1. The van der Waals surface area contributed by atoms with Gasteiger partial charge in [-0.3, -0.25) is 9.59 Å². The fourth-order valence-electron chi connectivity index (χ4n) is 6.96. The molecule has 0 radical (unpaired) electrons. The maximum atomic E-state index is 12.7. The Morgan fingerprint density at radius 2 is 0.881 bits per heavy atom. The number of hydrogen-bond donors (Lipinski definition) is 1. The zero-order chi connectivity index (χ0) is 43.5. The highest BCUT2D eigenvalue weighted by atomic mass is 16.6. The molecule has 0 saturated heterocycles. The third-order valence-corrected chi connectivity index (χ3v) is 10.8. The molecule has 59 heavy (non-hydrogen) atoms. The van der Waals surface area contributed by atoms with Gasteiger partial charge in [0, 0.05) is 19.3 Å². The van der Waals surface area contributed by atoms with Gasteiger partial charge >= 0.3 is 17.9 Å². The second-order valence-corrected chi connectivity index (χ2v) is 17.4. The number of allylic oxidation sites excluding steroid dienone is 8. The van der Waals surface area contributed by atoms with Gasteiger partial charge in [0.15, 0.2) is 12.1 Å². The predicted molar refractivity (Wildman–Crippen MR) is 248 cm³/mol. The van der Waals surface area contributed by atoms with Gasteiger partial charge < -0.3 is 23.8 Å². The summed E-state index contributed by atoms with van der Waals surface area (Å²) in [5.74, 6) is -1.50. The maximum absolute atomic E-state index is 12.7. The normalized spacial score (nSPS) is 13.3. The van der Waals surface area contributed by atoms with Crippen LogP contribution in [0.15, 0.2) is 48.6 Å². The number of unbranched alkanes of at least 4 members (excludes halogenated alkanes) is 23. The van der Waals surface area contributed by atoms with E-state index >= 15 is 0 Å². The summed E-state index contributed by atoms with van der Waals surface area (Å²) in [6.45, 7) is 4.68. The van der Waals surface area contributed by atoms with Crippen LogP contribution in [0.3, 0.4) is 0 Å². The summed E-state index contributed by atoms with van der Waals surface area (Å²) in [5, 5.41) is 9.63. The lowest BCUT2D eigenvalue weighted by molar-refractivity contribution is -0.887. The van der Waals surface area contributed by atoms with E-state index in [1.165, 1.54) is 122 Å². The zero-order valence-electron chi connectivity index (χ0n) is 39.0. The Morgan fingerprint density at radius 3 is 1.32 bits per heavy atom. The van der Waals surface area contributed by atoms with Crippen molar-refractivity contribution in [1.29, 1.82) is 0 Å². The van der Waals surface area contributed by atoms with E-state index in [1.807, 2.05) is 21.1 Å². The van der Waals surface area contributed by atoms with E-state index in [9.17, 15) is 19.5 Å². The Hall–Kier alpha value is -2.71. The van der Waals surface area contributed by atoms with Crippen LogP contribution in [0.2, 0.25) is 0 Å². The van der Waals surface area contributed by atoms with Crippen molar-refractivity contribution in [1.82, 2.24) is 0 Å². The maximum Gasteiger partial charge on any atom is 0.362 e. The Labute approximate surface area is 363 Å². The number of hydrogen-bond acceptors (Lipinski definition) is 6. The van der Waals surface area contributed by atoms with E-state index in [0.29, 0.717) is 19.3 Å². The van der Waals surface area contributed by atoms with Crippen molar-refractivity contribution in [2.45, 2.75) is 219 Å².